The molecule has 0 saturated heterocycles. The van der Waals surface area contributed by atoms with Gasteiger partial charge in [-0.05, 0) is 59.0 Å². The number of benzene rings is 2. The average molecular weight is 564 g/mol. The predicted molar refractivity (Wildman–Crippen MR) is 107 cm³/mol. The van der Waals surface area contributed by atoms with Gasteiger partial charge in [0, 0.05) is 19.9 Å². The molecule has 0 aliphatic heterocycles. The molecule has 24 heavy (non-hydrogen) atoms. The molecule has 0 unspecified atom stereocenters. The summed E-state index contributed by atoms with van der Waals surface area (Å²) in [5, 5.41) is 14.4. The number of amides is 1. The smallest absolute Gasteiger partial charge is 0.307 e. The molecule has 0 fully saturated rings. The van der Waals surface area contributed by atoms with Crippen LogP contribution in [0.5, 0.6) is 5.75 Å². The number of carbonyl (C=O) groups excluding carboxylic acids is 1. The zero-order valence-corrected chi connectivity index (χ0v) is 17.2. The largest absolute Gasteiger partial charge is 0.507 e. The van der Waals surface area contributed by atoms with E-state index in [0.717, 1.165) is 17.9 Å². The van der Waals surface area contributed by atoms with E-state index in [-0.39, 0.29) is 11.5 Å². The SMILES string of the molecule is O=C(N/N=C\c1cc(Br)ccc1O)c1cc2cc(Br)cc(I)c2o1. The Bertz CT molecular complexity index is 969. The highest BCUT2D eigenvalue weighted by Crippen LogP contribution is 2.28. The summed E-state index contributed by atoms with van der Waals surface area (Å²) in [6, 6.07) is 10.4. The molecule has 0 bridgehead atoms. The number of aromatic hydroxyl groups is 1. The minimum absolute atomic E-state index is 0.0688. The van der Waals surface area contributed by atoms with Gasteiger partial charge in [0.1, 0.15) is 11.3 Å². The van der Waals surface area contributed by atoms with Crippen molar-refractivity contribution < 1.29 is 14.3 Å². The molecule has 8 heteroatoms. The van der Waals surface area contributed by atoms with E-state index in [0.29, 0.717) is 11.1 Å². The Labute approximate surface area is 167 Å². The number of nitrogens with zero attached hydrogens (tertiary/aromatic N) is 1. The summed E-state index contributed by atoms with van der Waals surface area (Å²) in [6.45, 7) is 0. The van der Waals surface area contributed by atoms with Crippen molar-refractivity contribution in [3.8, 4) is 5.75 Å². The zero-order valence-electron chi connectivity index (χ0n) is 11.9. The van der Waals surface area contributed by atoms with Crippen molar-refractivity contribution in [1.29, 1.82) is 0 Å². The van der Waals surface area contributed by atoms with E-state index >= 15 is 0 Å². The van der Waals surface area contributed by atoms with Crippen molar-refractivity contribution in [3.05, 3.63) is 60.2 Å². The summed E-state index contributed by atoms with van der Waals surface area (Å²) in [5.74, 6) is -0.236. The monoisotopic (exact) mass is 562 g/mol. The molecule has 3 aromatic rings. The van der Waals surface area contributed by atoms with Gasteiger partial charge >= 0.3 is 5.91 Å². The van der Waals surface area contributed by atoms with Crippen LogP contribution < -0.4 is 5.43 Å². The first-order valence-electron chi connectivity index (χ1n) is 6.64. The second kappa shape index (κ2) is 7.24. The molecule has 1 heterocycles. The number of furan rings is 1. The van der Waals surface area contributed by atoms with Crippen molar-refractivity contribution in [2.75, 3.05) is 0 Å². The molecule has 0 aliphatic rings. The Hall–Kier alpha value is -1.39. The summed E-state index contributed by atoms with van der Waals surface area (Å²) in [5.41, 5.74) is 3.52. The lowest BCUT2D eigenvalue weighted by atomic mass is 10.2. The van der Waals surface area contributed by atoms with Crippen molar-refractivity contribution in [2.24, 2.45) is 5.10 Å². The number of hydrogen-bond acceptors (Lipinski definition) is 4. The fourth-order valence-electron chi connectivity index (χ4n) is 2.03. The molecule has 1 aromatic heterocycles. The number of nitrogens with one attached hydrogen (secondary N) is 1. The molecule has 122 valence electrons. The number of rotatable bonds is 3. The van der Waals surface area contributed by atoms with E-state index in [4.69, 9.17) is 4.42 Å². The second-order valence-corrected chi connectivity index (χ2v) is 7.81. The van der Waals surface area contributed by atoms with Gasteiger partial charge in [-0.15, -0.1) is 0 Å². The van der Waals surface area contributed by atoms with E-state index in [2.05, 4.69) is 65.0 Å². The first-order chi connectivity index (χ1) is 11.4. The molecule has 2 N–H and O–H groups in total. The van der Waals surface area contributed by atoms with E-state index in [1.807, 2.05) is 12.1 Å². The number of hydrogen-bond donors (Lipinski definition) is 2. The molecule has 0 atom stereocenters. The molecule has 0 saturated carbocycles. The van der Waals surface area contributed by atoms with Gasteiger partial charge in [0.15, 0.2) is 5.76 Å². The van der Waals surface area contributed by atoms with Gasteiger partial charge in [-0.1, -0.05) is 31.9 Å². The summed E-state index contributed by atoms with van der Waals surface area (Å²) in [6.07, 6.45) is 1.36. The lowest BCUT2D eigenvalue weighted by Crippen LogP contribution is -2.16. The molecular weight excluding hydrogens is 555 g/mol. The van der Waals surface area contributed by atoms with Crippen LogP contribution in [0.15, 0.2) is 54.9 Å². The van der Waals surface area contributed by atoms with Crippen LogP contribution in [-0.2, 0) is 0 Å². The normalized spacial score (nSPS) is 11.3. The van der Waals surface area contributed by atoms with Crippen LogP contribution in [0.4, 0.5) is 0 Å². The molecular formula is C16H9Br2IN2O3. The van der Waals surface area contributed by atoms with Crippen molar-refractivity contribution in [1.82, 2.24) is 5.43 Å². The van der Waals surface area contributed by atoms with Gasteiger partial charge < -0.3 is 9.52 Å². The van der Waals surface area contributed by atoms with Gasteiger partial charge in [-0.3, -0.25) is 4.79 Å². The third kappa shape index (κ3) is 3.81. The van der Waals surface area contributed by atoms with Crippen LogP contribution in [0.2, 0.25) is 0 Å². The van der Waals surface area contributed by atoms with Gasteiger partial charge in [0.25, 0.3) is 0 Å². The standard InChI is InChI=1S/C16H9Br2IN2O3/c17-10-1-2-13(22)9(4-10)7-20-21-16(23)14-5-8-3-11(18)6-12(19)15(8)24-14/h1-7,22H,(H,21,23)/b20-7-. The molecule has 0 radical (unpaired) electrons. The molecule has 0 aliphatic carbocycles. The van der Waals surface area contributed by atoms with Crippen molar-refractivity contribution in [2.45, 2.75) is 0 Å². The van der Waals surface area contributed by atoms with Gasteiger partial charge in [-0.2, -0.15) is 5.10 Å². The van der Waals surface area contributed by atoms with E-state index in [1.165, 1.54) is 12.3 Å². The summed E-state index contributed by atoms with van der Waals surface area (Å²) < 4.78 is 8.20. The van der Waals surface area contributed by atoms with Crippen LogP contribution in [0, 0.1) is 3.57 Å². The minimum Gasteiger partial charge on any atom is -0.507 e. The summed E-state index contributed by atoms with van der Waals surface area (Å²) in [7, 11) is 0. The Balaban J connectivity index is 1.79. The molecule has 2 aromatic carbocycles. The van der Waals surface area contributed by atoms with Crippen molar-refractivity contribution >= 4 is 77.5 Å². The Morgan fingerprint density at radius 3 is 2.79 bits per heavy atom. The third-order valence-electron chi connectivity index (χ3n) is 3.12. The Kier molecular flexibility index (Phi) is 5.26. The van der Waals surface area contributed by atoms with Gasteiger partial charge in [0.2, 0.25) is 0 Å². The first-order valence-corrected chi connectivity index (χ1v) is 9.31. The highest BCUT2D eigenvalue weighted by atomic mass is 127. The lowest BCUT2D eigenvalue weighted by Gasteiger charge is -1.99. The number of hydrazone groups is 1. The highest BCUT2D eigenvalue weighted by Gasteiger charge is 2.14. The third-order valence-corrected chi connectivity index (χ3v) is 4.87. The number of halogens is 3. The fraction of sp³-hybridized carbons (Fsp3) is 0. The van der Waals surface area contributed by atoms with Crippen molar-refractivity contribution in [3.63, 3.8) is 0 Å². The quantitative estimate of drug-likeness (QED) is 0.267. The fourth-order valence-corrected chi connectivity index (χ4v) is 4.07. The number of phenols is 1. The highest BCUT2D eigenvalue weighted by molar-refractivity contribution is 14.1. The van der Waals surface area contributed by atoms with Crippen LogP contribution in [-0.4, -0.2) is 17.2 Å². The van der Waals surface area contributed by atoms with Crippen LogP contribution in [0.3, 0.4) is 0 Å². The number of fused-ring (bicyclic) bond motifs is 1. The summed E-state index contributed by atoms with van der Waals surface area (Å²) >= 11 is 8.86. The molecule has 3 rings (SSSR count). The van der Waals surface area contributed by atoms with E-state index < -0.39 is 5.91 Å². The lowest BCUT2D eigenvalue weighted by molar-refractivity contribution is 0.0929. The second-order valence-electron chi connectivity index (χ2n) is 4.82. The molecule has 5 nitrogen and oxygen atoms in total. The zero-order chi connectivity index (χ0) is 17.3. The predicted octanol–water partition coefficient (Wildman–Crippen LogP) is 5.03. The number of carbonyl (C=O) groups is 1. The van der Waals surface area contributed by atoms with Crippen LogP contribution in [0.25, 0.3) is 11.0 Å². The first kappa shape index (κ1) is 17.4. The van der Waals surface area contributed by atoms with E-state index in [1.54, 1.807) is 18.2 Å². The van der Waals surface area contributed by atoms with Gasteiger partial charge in [-0.25, -0.2) is 5.43 Å². The Morgan fingerprint density at radius 1 is 1.21 bits per heavy atom. The molecule has 0 spiro atoms. The Morgan fingerprint density at radius 2 is 2.00 bits per heavy atom. The average Bonchev–Trinajstić information content (AvgIpc) is 2.95. The number of phenolic OH excluding ortho intramolecular Hbond substituents is 1. The van der Waals surface area contributed by atoms with Crippen LogP contribution in [0.1, 0.15) is 16.1 Å². The van der Waals surface area contributed by atoms with Gasteiger partial charge in [0.05, 0.1) is 9.78 Å². The topological polar surface area (TPSA) is 74.8 Å². The maximum Gasteiger partial charge on any atom is 0.307 e. The summed E-state index contributed by atoms with van der Waals surface area (Å²) in [4.78, 5) is 12.1. The maximum atomic E-state index is 12.1. The van der Waals surface area contributed by atoms with E-state index in [9.17, 15) is 9.90 Å². The minimum atomic E-state index is -0.469. The maximum absolute atomic E-state index is 12.1. The molecule has 1 amide bonds. The van der Waals surface area contributed by atoms with Crippen LogP contribution >= 0.6 is 54.5 Å².